The molecule has 29 heavy (non-hydrogen) atoms. The van der Waals surface area contributed by atoms with Crippen LogP contribution in [0.1, 0.15) is 18.7 Å². The maximum Gasteiger partial charge on any atom is 0.260 e. The molecular formula is C21H21FN4O3. The first-order valence-corrected chi connectivity index (χ1v) is 9.57. The van der Waals surface area contributed by atoms with Crippen molar-refractivity contribution in [2.24, 2.45) is 5.92 Å². The van der Waals surface area contributed by atoms with Gasteiger partial charge < -0.3 is 14.2 Å². The number of carbonyl (C=O) groups excluding carboxylic acids is 1. The van der Waals surface area contributed by atoms with E-state index in [0.29, 0.717) is 36.7 Å². The largest absolute Gasteiger partial charge is 0.482 e. The van der Waals surface area contributed by atoms with Crippen LogP contribution in [0.2, 0.25) is 0 Å². The number of hydrogen-bond donors (Lipinski definition) is 0. The van der Waals surface area contributed by atoms with Crippen LogP contribution in [0.3, 0.4) is 0 Å². The second-order valence-corrected chi connectivity index (χ2v) is 7.02. The highest BCUT2D eigenvalue weighted by Gasteiger charge is 2.26. The Kier molecular flexibility index (Phi) is 5.79. The number of amides is 1. The van der Waals surface area contributed by atoms with E-state index in [1.807, 2.05) is 0 Å². The lowest BCUT2D eigenvalue weighted by atomic mass is 9.94. The Balaban J connectivity index is 1.33. The SMILES string of the molecule is O=C(COc1cccnc1)N1CCCC(Cc2nc(-c3ccccc3F)no2)C1. The third-order valence-electron chi connectivity index (χ3n) is 4.91. The molecule has 1 fully saturated rings. The molecular weight excluding hydrogens is 375 g/mol. The lowest BCUT2D eigenvalue weighted by molar-refractivity contribution is -0.135. The van der Waals surface area contributed by atoms with Gasteiger partial charge in [-0.15, -0.1) is 0 Å². The number of ether oxygens (including phenoxy) is 1. The number of carbonyl (C=O) groups is 1. The van der Waals surface area contributed by atoms with E-state index >= 15 is 0 Å². The van der Waals surface area contributed by atoms with Crippen LogP contribution in [-0.4, -0.2) is 45.6 Å². The number of halogens is 1. The Morgan fingerprint density at radius 1 is 1.28 bits per heavy atom. The molecule has 4 rings (SSSR count). The molecule has 1 amide bonds. The van der Waals surface area contributed by atoms with Gasteiger partial charge in [-0.3, -0.25) is 9.78 Å². The molecule has 1 aliphatic rings. The van der Waals surface area contributed by atoms with Crippen molar-refractivity contribution in [3.8, 4) is 17.1 Å². The van der Waals surface area contributed by atoms with Gasteiger partial charge in [0, 0.05) is 25.7 Å². The fourth-order valence-corrected chi connectivity index (χ4v) is 3.46. The first-order chi connectivity index (χ1) is 14.2. The molecule has 3 heterocycles. The highest BCUT2D eigenvalue weighted by atomic mass is 19.1. The van der Waals surface area contributed by atoms with Gasteiger partial charge in [0.25, 0.3) is 5.91 Å². The predicted octanol–water partition coefficient (Wildman–Crippen LogP) is 3.13. The summed E-state index contributed by atoms with van der Waals surface area (Å²) < 4.78 is 24.7. The van der Waals surface area contributed by atoms with Crippen molar-refractivity contribution in [2.45, 2.75) is 19.3 Å². The monoisotopic (exact) mass is 396 g/mol. The summed E-state index contributed by atoms with van der Waals surface area (Å²) in [5.74, 6) is 1.03. The summed E-state index contributed by atoms with van der Waals surface area (Å²) in [6.07, 6.45) is 5.64. The average molecular weight is 396 g/mol. The molecule has 1 unspecified atom stereocenters. The number of nitrogens with zero attached hydrogens (tertiary/aromatic N) is 4. The van der Waals surface area contributed by atoms with Gasteiger partial charge in [-0.05, 0) is 43.0 Å². The lowest BCUT2D eigenvalue weighted by Crippen LogP contribution is -2.42. The zero-order valence-electron chi connectivity index (χ0n) is 15.8. The number of aromatic nitrogens is 3. The second kappa shape index (κ2) is 8.81. The van der Waals surface area contributed by atoms with Crippen molar-refractivity contribution in [1.29, 1.82) is 0 Å². The Morgan fingerprint density at radius 2 is 2.17 bits per heavy atom. The molecule has 0 aliphatic carbocycles. The van der Waals surface area contributed by atoms with Gasteiger partial charge in [0.1, 0.15) is 11.6 Å². The number of benzene rings is 1. The molecule has 0 radical (unpaired) electrons. The normalized spacial score (nSPS) is 16.6. The average Bonchev–Trinajstić information content (AvgIpc) is 3.21. The van der Waals surface area contributed by atoms with E-state index in [1.165, 1.54) is 6.07 Å². The van der Waals surface area contributed by atoms with E-state index in [9.17, 15) is 9.18 Å². The number of likely N-dealkylation sites (tertiary alicyclic amines) is 1. The van der Waals surface area contributed by atoms with Gasteiger partial charge in [-0.1, -0.05) is 17.3 Å². The molecule has 8 heteroatoms. The predicted molar refractivity (Wildman–Crippen MR) is 102 cm³/mol. The fraction of sp³-hybridized carbons (Fsp3) is 0.333. The number of pyridine rings is 1. The molecule has 7 nitrogen and oxygen atoms in total. The minimum atomic E-state index is -0.386. The summed E-state index contributed by atoms with van der Waals surface area (Å²) >= 11 is 0. The van der Waals surface area contributed by atoms with Gasteiger partial charge in [0.05, 0.1) is 11.8 Å². The van der Waals surface area contributed by atoms with Gasteiger partial charge in [0.2, 0.25) is 11.7 Å². The van der Waals surface area contributed by atoms with E-state index < -0.39 is 0 Å². The number of hydrogen-bond acceptors (Lipinski definition) is 6. The van der Waals surface area contributed by atoms with Crippen molar-refractivity contribution < 1.29 is 18.4 Å². The molecule has 0 spiro atoms. The molecule has 1 saturated heterocycles. The van der Waals surface area contributed by atoms with Crippen LogP contribution in [0.25, 0.3) is 11.4 Å². The van der Waals surface area contributed by atoms with Gasteiger partial charge in [0.15, 0.2) is 6.61 Å². The summed E-state index contributed by atoms with van der Waals surface area (Å²) in [6.45, 7) is 1.29. The van der Waals surface area contributed by atoms with Gasteiger partial charge in [-0.25, -0.2) is 4.39 Å². The van der Waals surface area contributed by atoms with Crippen molar-refractivity contribution in [3.05, 3.63) is 60.5 Å². The minimum absolute atomic E-state index is 0.0175. The zero-order chi connectivity index (χ0) is 20.1. The molecule has 3 aromatic rings. The Hall–Kier alpha value is -3.29. The minimum Gasteiger partial charge on any atom is -0.482 e. The molecule has 150 valence electrons. The standard InChI is InChI=1S/C21H21FN4O3/c22-18-8-2-1-7-17(18)21-24-19(29-25-21)11-15-5-4-10-26(13-15)20(27)14-28-16-6-3-9-23-12-16/h1-3,6-9,12,15H,4-5,10-11,13-14H2. The second-order valence-electron chi connectivity index (χ2n) is 7.02. The summed E-state index contributed by atoms with van der Waals surface area (Å²) in [5, 5.41) is 3.90. The quantitative estimate of drug-likeness (QED) is 0.637. The number of piperidine rings is 1. The highest BCUT2D eigenvalue weighted by Crippen LogP contribution is 2.23. The first kappa shape index (κ1) is 19.0. The number of rotatable bonds is 6. The van der Waals surface area contributed by atoms with E-state index in [-0.39, 0.29) is 30.1 Å². The Morgan fingerprint density at radius 3 is 3.00 bits per heavy atom. The molecule has 1 aromatic carbocycles. The molecule has 1 atom stereocenters. The van der Waals surface area contributed by atoms with Crippen LogP contribution >= 0.6 is 0 Å². The lowest BCUT2D eigenvalue weighted by Gasteiger charge is -2.32. The van der Waals surface area contributed by atoms with E-state index in [1.54, 1.807) is 47.6 Å². The summed E-state index contributed by atoms with van der Waals surface area (Å²) in [5.41, 5.74) is 0.315. The summed E-state index contributed by atoms with van der Waals surface area (Å²) in [4.78, 5) is 22.6. The topological polar surface area (TPSA) is 81.4 Å². The Bertz CT molecular complexity index is 963. The van der Waals surface area contributed by atoms with E-state index in [2.05, 4.69) is 15.1 Å². The van der Waals surface area contributed by atoms with Crippen LogP contribution in [0, 0.1) is 11.7 Å². The summed E-state index contributed by atoms with van der Waals surface area (Å²) in [7, 11) is 0. The maximum absolute atomic E-state index is 13.9. The van der Waals surface area contributed by atoms with E-state index in [0.717, 1.165) is 12.8 Å². The first-order valence-electron chi connectivity index (χ1n) is 9.57. The van der Waals surface area contributed by atoms with Gasteiger partial charge >= 0.3 is 0 Å². The third kappa shape index (κ3) is 4.77. The smallest absolute Gasteiger partial charge is 0.260 e. The fourth-order valence-electron chi connectivity index (χ4n) is 3.46. The van der Waals surface area contributed by atoms with Crippen molar-refractivity contribution in [1.82, 2.24) is 20.0 Å². The molecule has 0 N–H and O–H groups in total. The maximum atomic E-state index is 13.9. The molecule has 0 bridgehead atoms. The molecule has 2 aromatic heterocycles. The Labute approximate surface area is 167 Å². The van der Waals surface area contributed by atoms with Crippen LogP contribution in [-0.2, 0) is 11.2 Å². The molecule has 0 saturated carbocycles. The molecule has 1 aliphatic heterocycles. The summed E-state index contributed by atoms with van der Waals surface area (Å²) in [6, 6.07) is 9.85. The highest BCUT2D eigenvalue weighted by molar-refractivity contribution is 5.77. The van der Waals surface area contributed by atoms with Crippen LogP contribution < -0.4 is 4.74 Å². The van der Waals surface area contributed by atoms with Crippen molar-refractivity contribution in [3.63, 3.8) is 0 Å². The van der Waals surface area contributed by atoms with Gasteiger partial charge in [-0.2, -0.15) is 4.98 Å². The van der Waals surface area contributed by atoms with Crippen molar-refractivity contribution >= 4 is 5.91 Å². The van der Waals surface area contributed by atoms with Crippen molar-refractivity contribution in [2.75, 3.05) is 19.7 Å². The zero-order valence-corrected chi connectivity index (χ0v) is 15.8. The third-order valence-corrected chi connectivity index (χ3v) is 4.91. The van der Waals surface area contributed by atoms with Crippen LogP contribution in [0.4, 0.5) is 4.39 Å². The van der Waals surface area contributed by atoms with Crippen LogP contribution in [0.5, 0.6) is 5.75 Å². The van der Waals surface area contributed by atoms with Crippen LogP contribution in [0.15, 0.2) is 53.3 Å². The van der Waals surface area contributed by atoms with E-state index in [4.69, 9.17) is 9.26 Å².